The van der Waals surface area contributed by atoms with Crippen LogP contribution >= 0.6 is 11.8 Å². The van der Waals surface area contributed by atoms with Crippen molar-refractivity contribution < 1.29 is 4.92 Å². The number of nitrogens with one attached hydrogen (secondary N) is 2. The lowest BCUT2D eigenvalue weighted by Crippen LogP contribution is -2.19. The largest absolute Gasteiger partial charge is 0.388 e. The van der Waals surface area contributed by atoms with Crippen LogP contribution < -0.4 is 11.0 Å². The molecule has 0 saturated carbocycles. The van der Waals surface area contributed by atoms with Crippen molar-refractivity contribution in [1.29, 1.82) is 0 Å². The van der Waals surface area contributed by atoms with Crippen molar-refractivity contribution in [3.8, 4) is 0 Å². The molecule has 0 radical (unpaired) electrons. The quantitative estimate of drug-likeness (QED) is 0.648. The zero-order valence-electron chi connectivity index (χ0n) is 11.8. The predicted octanol–water partition coefficient (Wildman–Crippen LogP) is 2.25. The van der Waals surface area contributed by atoms with Gasteiger partial charge in [0, 0.05) is 35.8 Å². The van der Waals surface area contributed by atoms with Gasteiger partial charge in [0.2, 0.25) is 0 Å². The van der Waals surface area contributed by atoms with E-state index in [2.05, 4.69) is 15.5 Å². The molecule has 0 aliphatic heterocycles. The number of H-pyrrole nitrogens is 1. The molecule has 8 nitrogen and oxygen atoms in total. The van der Waals surface area contributed by atoms with Crippen molar-refractivity contribution in [3.63, 3.8) is 0 Å². The topological polar surface area (TPSA) is 106 Å². The molecule has 21 heavy (non-hydrogen) atoms. The van der Waals surface area contributed by atoms with Crippen molar-refractivity contribution in [2.24, 2.45) is 0 Å². The summed E-state index contributed by atoms with van der Waals surface area (Å²) in [6, 6.07) is 4.61. The maximum absolute atomic E-state index is 11.7. The first-order valence-corrected chi connectivity index (χ1v) is 7.06. The molecule has 2 N–H and O–H groups in total. The lowest BCUT2D eigenvalue weighted by Gasteiger charge is -2.09. The van der Waals surface area contributed by atoms with Gasteiger partial charge in [0.05, 0.1) is 4.92 Å². The molecular formula is C12H15N5O3S. The standard InChI is InChI=1S/C12H15N5O3S/c1-7(2)16-11(18)14-15-12(16)21-10-5-8(13-3)4-9(6-10)17(19)20/h4-7,13H,1-3H3,(H,14,18). The molecule has 1 aromatic carbocycles. The van der Waals surface area contributed by atoms with Crippen LogP contribution in [0.5, 0.6) is 0 Å². The van der Waals surface area contributed by atoms with Crippen LogP contribution in [0.2, 0.25) is 0 Å². The number of hydrogen-bond acceptors (Lipinski definition) is 6. The highest BCUT2D eigenvalue weighted by molar-refractivity contribution is 7.99. The first-order chi connectivity index (χ1) is 9.92. The van der Waals surface area contributed by atoms with Gasteiger partial charge in [-0.05, 0) is 31.7 Å². The lowest BCUT2D eigenvalue weighted by atomic mass is 10.3. The third-order valence-corrected chi connectivity index (χ3v) is 3.73. The van der Waals surface area contributed by atoms with Crippen LogP contribution in [0.25, 0.3) is 0 Å². The summed E-state index contributed by atoms with van der Waals surface area (Å²) in [5.74, 6) is 0. The van der Waals surface area contributed by atoms with Crippen LogP contribution in [0.1, 0.15) is 19.9 Å². The lowest BCUT2D eigenvalue weighted by molar-refractivity contribution is -0.385. The van der Waals surface area contributed by atoms with Crippen LogP contribution in [-0.4, -0.2) is 26.7 Å². The number of hydrogen-bond donors (Lipinski definition) is 2. The number of rotatable bonds is 5. The van der Waals surface area contributed by atoms with E-state index in [0.29, 0.717) is 15.7 Å². The molecule has 0 fully saturated rings. The van der Waals surface area contributed by atoms with Crippen molar-refractivity contribution in [2.45, 2.75) is 29.9 Å². The number of nitro benzene ring substituents is 1. The number of non-ortho nitro benzene ring substituents is 1. The molecule has 0 unspecified atom stereocenters. The molecule has 9 heteroatoms. The molecule has 0 amide bonds. The molecule has 2 aromatic rings. The van der Waals surface area contributed by atoms with Crippen molar-refractivity contribution >= 4 is 23.1 Å². The molecule has 112 valence electrons. The first kappa shape index (κ1) is 15.1. The summed E-state index contributed by atoms with van der Waals surface area (Å²) in [6.07, 6.45) is 0. The maximum atomic E-state index is 11.7. The van der Waals surface area contributed by atoms with Gasteiger partial charge in [0.25, 0.3) is 5.69 Å². The highest BCUT2D eigenvalue weighted by Crippen LogP contribution is 2.32. The summed E-state index contributed by atoms with van der Waals surface area (Å²) in [5, 5.41) is 20.6. The Hall–Kier alpha value is -2.29. The maximum Gasteiger partial charge on any atom is 0.344 e. The van der Waals surface area contributed by atoms with Crippen molar-refractivity contribution in [3.05, 3.63) is 38.8 Å². The van der Waals surface area contributed by atoms with Gasteiger partial charge >= 0.3 is 5.69 Å². The minimum Gasteiger partial charge on any atom is -0.388 e. The minimum absolute atomic E-state index is 0.0154. The van der Waals surface area contributed by atoms with E-state index in [1.165, 1.54) is 28.5 Å². The number of nitrogens with zero attached hydrogens (tertiary/aromatic N) is 3. The fraction of sp³-hybridized carbons (Fsp3) is 0.333. The average Bonchev–Trinajstić information content (AvgIpc) is 2.79. The summed E-state index contributed by atoms with van der Waals surface area (Å²) in [7, 11) is 1.69. The van der Waals surface area contributed by atoms with E-state index in [9.17, 15) is 14.9 Å². The number of aromatic amines is 1. The zero-order chi connectivity index (χ0) is 15.6. The first-order valence-electron chi connectivity index (χ1n) is 6.24. The summed E-state index contributed by atoms with van der Waals surface area (Å²) < 4.78 is 1.50. The van der Waals surface area contributed by atoms with Gasteiger partial charge in [0.15, 0.2) is 5.16 Å². The third kappa shape index (κ3) is 3.24. The Bertz CT molecular complexity index is 722. The fourth-order valence-corrected chi connectivity index (χ4v) is 2.87. The van der Waals surface area contributed by atoms with Crippen LogP contribution in [-0.2, 0) is 0 Å². The molecular weight excluding hydrogens is 294 g/mol. The monoisotopic (exact) mass is 309 g/mol. The Morgan fingerprint density at radius 3 is 2.71 bits per heavy atom. The Morgan fingerprint density at radius 2 is 2.14 bits per heavy atom. The molecule has 2 rings (SSSR count). The molecule has 0 aliphatic carbocycles. The second kappa shape index (κ2) is 6.00. The van der Waals surface area contributed by atoms with E-state index in [0.717, 1.165) is 0 Å². The Morgan fingerprint density at radius 1 is 1.43 bits per heavy atom. The van der Waals surface area contributed by atoms with Crippen LogP contribution in [0.3, 0.4) is 0 Å². The summed E-state index contributed by atoms with van der Waals surface area (Å²) >= 11 is 1.20. The second-order valence-corrected chi connectivity index (χ2v) is 5.64. The van der Waals surface area contributed by atoms with E-state index >= 15 is 0 Å². The van der Waals surface area contributed by atoms with Crippen LogP contribution in [0, 0.1) is 10.1 Å². The van der Waals surface area contributed by atoms with Gasteiger partial charge < -0.3 is 5.32 Å². The molecule has 0 saturated heterocycles. The zero-order valence-corrected chi connectivity index (χ0v) is 12.6. The number of benzene rings is 1. The smallest absolute Gasteiger partial charge is 0.344 e. The molecule has 0 bridgehead atoms. The van der Waals surface area contributed by atoms with E-state index in [1.807, 2.05) is 13.8 Å². The van der Waals surface area contributed by atoms with Gasteiger partial charge in [-0.2, -0.15) is 0 Å². The summed E-state index contributed by atoms with van der Waals surface area (Å²) in [4.78, 5) is 22.8. The minimum atomic E-state index is -0.453. The van der Waals surface area contributed by atoms with E-state index in [1.54, 1.807) is 13.1 Å². The van der Waals surface area contributed by atoms with Gasteiger partial charge in [-0.1, -0.05) is 0 Å². The Balaban J connectivity index is 2.42. The van der Waals surface area contributed by atoms with Gasteiger partial charge in [-0.15, -0.1) is 5.10 Å². The van der Waals surface area contributed by atoms with E-state index < -0.39 is 4.92 Å². The average molecular weight is 309 g/mol. The third-order valence-electron chi connectivity index (χ3n) is 2.79. The predicted molar refractivity (Wildman–Crippen MR) is 80.0 cm³/mol. The highest BCUT2D eigenvalue weighted by Gasteiger charge is 2.15. The van der Waals surface area contributed by atoms with Crippen molar-refractivity contribution in [2.75, 3.05) is 12.4 Å². The molecule has 0 spiro atoms. The Labute approximate surface area is 124 Å². The highest BCUT2D eigenvalue weighted by atomic mass is 32.2. The van der Waals surface area contributed by atoms with E-state index in [-0.39, 0.29) is 17.4 Å². The van der Waals surface area contributed by atoms with E-state index in [4.69, 9.17) is 0 Å². The van der Waals surface area contributed by atoms with Gasteiger partial charge in [0.1, 0.15) is 0 Å². The molecule has 0 aliphatic rings. The SMILES string of the molecule is CNc1cc(Sc2n[nH]c(=O)n2C(C)C)cc([N+](=O)[O-])c1. The van der Waals surface area contributed by atoms with Crippen molar-refractivity contribution in [1.82, 2.24) is 14.8 Å². The number of aromatic nitrogens is 3. The summed E-state index contributed by atoms with van der Waals surface area (Å²) in [5.41, 5.74) is 0.311. The summed E-state index contributed by atoms with van der Waals surface area (Å²) in [6.45, 7) is 3.74. The number of nitro groups is 1. The fourth-order valence-electron chi connectivity index (χ4n) is 1.82. The second-order valence-electron chi connectivity index (χ2n) is 4.60. The van der Waals surface area contributed by atoms with Gasteiger partial charge in [-0.3, -0.25) is 14.7 Å². The van der Waals surface area contributed by atoms with Crippen LogP contribution in [0.4, 0.5) is 11.4 Å². The number of anilines is 1. The Kier molecular flexibility index (Phi) is 4.32. The van der Waals surface area contributed by atoms with Crippen LogP contribution in [0.15, 0.2) is 33.0 Å². The van der Waals surface area contributed by atoms with Gasteiger partial charge in [-0.25, -0.2) is 9.89 Å². The molecule has 0 atom stereocenters. The molecule has 1 aromatic heterocycles. The normalized spacial score (nSPS) is 10.9. The molecule has 1 heterocycles.